The van der Waals surface area contributed by atoms with Crippen LogP contribution in [-0.4, -0.2) is 100 Å². The fourth-order valence-electron chi connectivity index (χ4n) is 9.20. The molecule has 2 saturated heterocycles. The Morgan fingerprint density at radius 1 is 0.632 bits per heavy atom. The van der Waals surface area contributed by atoms with Gasteiger partial charge in [0.05, 0.1) is 43.6 Å². The zero-order chi connectivity index (χ0) is 48.4. The van der Waals surface area contributed by atoms with Gasteiger partial charge in [0, 0.05) is 19.6 Å². The minimum Gasteiger partial charge on any atom is -0.465 e. The molecule has 6 aromatic carbocycles. The number of nitrogens with zero attached hydrogens (tertiary/aromatic N) is 1. The molecule has 0 saturated carbocycles. The van der Waals surface area contributed by atoms with Crippen molar-refractivity contribution in [3.05, 3.63) is 149 Å². The molecule has 0 spiro atoms. The van der Waals surface area contributed by atoms with Gasteiger partial charge in [-0.25, -0.2) is 19.2 Å². The van der Waals surface area contributed by atoms with Crippen LogP contribution in [0.2, 0.25) is 0 Å². The molecule has 0 aliphatic carbocycles. The number of ether oxygens (including phenoxy) is 4. The Kier molecular flexibility index (Phi) is 16.0. The molecule has 356 valence electrons. The van der Waals surface area contributed by atoms with E-state index in [2.05, 4.69) is 34.9 Å². The van der Waals surface area contributed by atoms with Crippen LogP contribution in [0.5, 0.6) is 0 Å². The summed E-state index contributed by atoms with van der Waals surface area (Å²) in [6.45, 7) is 10.2. The van der Waals surface area contributed by atoms with Gasteiger partial charge in [0.15, 0.2) is 0 Å². The number of carbonyl (C=O) groups excluding carboxylic acids is 4. The van der Waals surface area contributed by atoms with Crippen molar-refractivity contribution >= 4 is 61.9 Å². The molecule has 68 heavy (non-hydrogen) atoms. The second-order valence-corrected chi connectivity index (χ2v) is 18.5. The minimum absolute atomic E-state index is 0.253. The number of carbonyl (C=O) groups is 4. The van der Waals surface area contributed by atoms with Crippen molar-refractivity contribution in [2.24, 2.45) is 0 Å². The summed E-state index contributed by atoms with van der Waals surface area (Å²) in [5.41, 5.74) is 4.40. The zero-order valence-electron chi connectivity index (χ0n) is 40.0. The number of hydrogen-bond acceptors (Lipinski definition) is 11. The average molecular weight is 922 g/mol. The Labute approximate surface area is 398 Å². The first-order valence-electron chi connectivity index (χ1n) is 23.4. The summed E-state index contributed by atoms with van der Waals surface area (Å²) in [4.78, 5) is 50.2. The summed E-state index contributed by atoms with van der Waals surface area (Å²) in [5.74, 6) is -0.438. The van der Waals surface area contributed by atoms with E-state index in [1.54, 1.807) is 11.0 Å². The zero-order valence-corrected chi connectivity index (χ0v) is 40.0. The number of aliphatic hydroxyl groups is 1. The molecule has 0 radical (unpaired) electrons. The van der Waals surface area contributed by atoms with Gasteiger partial charge in [-0.05, 0) is 163 Å². The molecule has 3 aliphatic heterocycles. The highest BCUT2D eigenvalue weighted by molar-refractivity contribution is 6.07. The second kappa shape index (κ2) is 22.0. The van der Waals surface area contributed by atoms with E-state index in [1.165, 1.54) is 32.5 Å². The number of methoxy groups -OCH3 is 3. The summed E-state index contributed by atoms with van der Waals surface area (Å²) in [6.07, 6.45) is 5.78. The summed E-state index contributed by atoms with van der Waals surface area (Å²) in [6, 6.07) is 35.4. The number of amides is 1. The van der Waals surface area contributed by atoms with Crippen LogP contribution in [0.1, 0.15) is 107 Å². The molecule has 6 aromatic rings. The predicted molar refractivity (Wildman–Crippen MR) is 267 cm³/mol. The van der Waals surface area contributed by atoms with Crippen LogP contribution in [-0.2, 0) is 24.5 Å². The van der Waals surface area contributed by atoms with Gasteiger partial charge in [0.1, 0.15) is 5.60 Å². The number of esters is 3. The lowest BCUT2D eigenvalue weighted by Crippen LogP contribution is -2.46. The summed E-state index contributed by atoms with van der Waals surface area (Å²) >= 11 is 0. The van der Waals surface area contributed by atoms with Gasteiger partial charge < -0.3 is 39.6 Å². The van der Waals surface area contributed by atoms with E-state index in [4.69, 9.17) is 18.9 Å². The molecule has 3 heterocycles. The molecular formula is C56H63N3O9. The molecule has 0 unspecified atom stereocenters. The number of piperidine rings is 2. The maximum Gasteiger partial charge on any atom is 0.410 e. The van der Waals surface area contributed by atoms with Gasteiger partial charge >= 0.3 is 24.0 Å². The quantitative estimate of drug-likeness (QED) is 0.108. The molecular weight excluding hydrogens is 859 g/mol. The van der Waals surface area contributed by atoms with Gasteiger partial charge in [-0.2, -0.15) is 0 Å². The molecule has 2 fully saturated rings. The normalized spacial score (nSPS) is 16.0. The highest BCUT2D eigenvalue weighted by atomic mass is 16.6. The van der Waals surface area contributed by atoms with Crippen LogP contribution in [0.15, 0.2) is 115 Å². The fourth-order valence-corrected chi connectivity index (χ4v) is 9.20. The Bertz CT molecular complexity index is 2810. The van der Waals surface area contributed by atoms with Crippen molar-refractivity contribution in [3.63, 3.8) is 0 Å². The van der Waals surface area contributed by atoms with Gasteiger partial charge in [-0.15, -0.1) is 0 Å². The molecule has 1 amide bonds. The average Bonchev–Trinajstić information content (AvgIpc) is 3.37. The van der Waals surface area contributed by atoms with Crippen molar-refractivity contribution in [1.29, 1.82) is 0 Å². The summed E-state index contributed by atoms with van der Waals surface area (Å²) in [7, 11) is 4.21. The van der Waals surface area contributed by atoms with Crippen molar-refractivity contribution in [1.82, 2.24) is 15.5 Å². The molecule has 12 nitrogen and oxygen atoms in total. The second-order valence-electron chi connectivity index (χ2n) is 18.5. The van der Waals surface area contributed by atoms with Crippen LogP contribution in [0.3, 0.4) is 0 Å². The maximum absolute atomic E-state index is 12.3. The Balaban J connectivity index is 0.000000154. The highest BCUT2D eigenvalue weighted by Gasteiger charge is 2.37. The topological polar surface area (TPSA) is 153 Å². The number of likely N-dealkylation sites (tertiary alicyclic amines) is 1. The predicted octanol–water partition coefficient (Wildman–Crippen LogP) is 9.94. The Hall–Kier alpha value is -6.60. The summed E-state index contributed by atoms with van der Waals surface area (Å²) in [5, 5.41) is 23.7. The van der Waals surface area contributed by atoms with E-state index >= 15 is 0 Å². The molecule has 3 N–H and O–H groups in total. The van der Waals surface area contributed by atoms with Crippen molar-refractivity contribution in [3.8, 4) is 0 Å². The van der Waals surface area contributed by atoms with Gasteiger partial charge in [-0.1, -0.05) is 84.9 Å². The third-order valence-electron chi connectivity index (χ3n) is 12.8. The Morgan fingerprint density at radius 3 is 1.65 bits per heavy atom. The molecule has 3 aliphatic rings. The van der Waals surface area contributed by atoms with Crippen molar-refractivity contribution in [2.45, 2.75) is 70.0 Å². The molecule has 0 bridgehead atoms. The Morgan fingerprint density at radius 2 is 1.13 bits per heavy atom. The molecule has 0 atom stereocenters. The van der Waals surface area contributed by atoms with E-state index in [0.717, 1.165) is 83.3 Å². The van der Waals surface area contributed by atoms with Crippen molar-refractivity contribution in [2.75, 3.05) is 60.6 Å². The number of hydrogen-bond donors (Lipinski definition) is 3. The number of rotatable bonds is 6. The molecule has 0 aromatic heterocycles. The number of fused-ring (bicyclic) bond motifs is 3. The van der Waals surface area contributed by atoms with Crippen molar-refractivity contribution < 1.29 is 43.2 Å². The largest absolute Gasteiger partial charge is 0.465 e. The fraction of sp³-hybridized carbons (Fsp3) is 0.357. The van der Waals surface area contributed by atoms with E-state index in [0.29, 0.717) is 54.1 Å². The SMILES string of the molecule is COC(=O)c1cc(C2(O)CCN(C(=O)OC(C)(C)C)CC2)cc2ccccc12.COC(=O)c1cc(C2=CCNCC2)cc2ccccc12.COC(=O)c1cc(C2CCNCC2)cc2ccccc12. The van der Waals surface area contributed by atoms with E-state index < -0.39 is 17.2 Å². The third-order valence-corrected chi connectivity index (χ3v) is 12.8. The molecule has 9 rings (SSSR count). The monoisotopic (exact) mass is 921 g/mol. The first-order valence-corrected chi connectivity index (χ1v) is 23.4. The maximum atomic E-state index is 12.3. The van der Waals surface area contributed by atoms with E-state index in [1.807, 2.05) is 106 Å². The lowest BCUT2D eigenvalue weighted by Gasteiger charge is -2.39. The standard InChI is InChI=1S/C22H27NO5.C17H19NO2.C17H17NO2/c1-21(2,3)28-20(25)23-11-9-22(26,10-12-23)16-13-15-7-5-6-8-17(15)18(14-16)19(24)27-4;2*1-20-17(19)16-11-14(12-6-8-18-9-7-12)10-13-4-2-3-5-15(13)16/h5-8,13-14,26H,9-12H2,1-4H3;2-5,10-12,18H,6-9H2,1H3;2-6,10-11,18H,7-9H2,1H3. The number of nitrogens with one attached hydrogen (secondary N) is 2. The smallest absolute Gasteiger partial charge is 0.410 e. The first-order chi connectivity index (χ1) is 32.7. The van der Waals surface area contributed by atoms with Gasteiger partial charge in [0.2, 0.25) is 0 Å². The lowest BCUT2D eigenvalue weighted by molar-refractivity contribution is -0.0356. The van der Waals surface area contributed by atoms with Crippen LogP contribution in [0, 0.1) is 0 Å². The first kappa shape index (κ1) is 49.3. The van der Waals surface area contributed by atoms with Crippen LogP contribution in [0.4, 0.5) is 4.79 Å². The lowest BCUT2D eigenvalue weighted by atomic mass is 9.82. The summed E-state index contributed by atoms with van der Waals surface area (Å²) < 4.78 is 20.2. The van der Waals surface area contributed by atoms with Gasteiger partial charge in [-0.3, -0.25) is 0 Å². The van der Waals surface area contributed by atoms with Crippen LogP contribution < -0.4 is 10.6 Å². The number of benzene rings is 6. The third kappa shape index (κ3) is 11.7. The van der Waals surface area contributed by atoms with E-state index in [9.17, 15) is 24.3 Å². The van der Waals surface area contributed by atoms with Gasteiger partial charge in [0.25, 0.3) is 0 Å². The minimum atomic E-state index is -1.12. The van der Waals surface area contributed by atoms with E-state index in [-0.39, 0.29) is 18.0 Å². The molecule has 12 heteroatoms. The highest BCUT2D eigenvalue weighted by Crippen LogP contribution is 2.37. The van der Waals surface area contributed by atoms with Crippen LogP contribution in [0.25, 0.3) is 37.9 Å². The van der Waals surface area contributed by atoms with Crippen LogP contribution >= 0.6 is 0 Å².